The van der Waals surface area contributed by atoms with E-state index < -0.39 is 42.0 Å². The first-order chi connectivity index (χ1) is 15.1. The topological polar surface area (TPSA) is 142 Å². The molecule has 4 atom stereocenters. The molecule has 32 heavy (non-hydrogen) atoms. The molecule has 10 heteroatoms. The van der Waals surface area contributed by atoms with Gasteiger partial charge in [-0.15, -0.1) is 0 Å². The molecule has 1 fully saturated rings. The molecule has 1 aliphatic heterocycles. The third kappa shape index (κ3) is 6.70. The second kappa shape index (κ2) is 11.9. The molecule has 0 spiro atoms. The van der Waals surface area contributed by atoms with E-state index in [0.29, 0.717) is 19.4 Å². The lowest BCUT2D eigenvalue weighted by Crippen LogP contribution is -2.57. The Labute approximate surface area is 193 Å². The lowest BCUT2D eigenvalue weighted by Gasteiger charge is -2.29. The van der Waals surface area contributed by atoms with Crippen LogP contribution in [0.4, 0.5) is 0 Å². The highest BCUT2D eigenvalue weighted by molar-refractivity contribution is 7.80. The minimum absolute atomic E-state index is 0.0717. The highest BCUT2D eigenvalue weighted by Gasteiger charge is 2.38. The number of nitrogens with zero attached hydrogens (tertiary/aromatic N) is 1. The summed E-state index contributed by atoms with van der Waals surface area (Å²) in [5.74, 6) is -2.75. The van der Waals surface area contributed by atoms with Crippen LogP contribution in [0.3, 0.4) is 0 Å². The molecule has 2 rings (SSSR count). The van der Waals surface area contributed by atoms with Crippen LogP contribution < -0.4 is 16.4 Å². The zero-order chi connectivity index (χ0) is 23.8. The molecule has 1 aliphatic rings. The summed E-state index contributed by atoms with van der Waals surface area (Å²) in [4.78, 5) is 51.5. The maximum absolute atomic E-state index is 13.1. The van der Waals surface area contributed by atoms with Gasteiger partial charge < -0.3 is 26.4 Å². The van der Waals surface area contributed by atoms with E-state index in [4.69, 9.17) is 5.73 Å². The van der Waals surface area contributed by atoms with Crippen LogP contribution in [-0.2, 0) is 25.6 Å². The highest BCUT2D eigenvalue weighted by Crippen LogP contribution is 2.20. The predicted octanol–water partition coefficient (Wildman–Crippen LogP) is 0.187. The van der Waals surface area contributed by atoms with Gasteiger partial charge in [0.1, 0.15) is 18.1 Å². The van der Waals surface area contributed by atoms with E-state index >= 15 is 0 Å². The standard InChI is InChI=1S/C22H32N4O5S/c1-13(2)18(23)21(29)26-10-6-9-17(26)20(28)24-15(11-14-7-4-3-5-8-14)19(27)25-16(12-32)22(30)31/h3-5,7-8,13,15-18,32H,6,9-12,23H2,1-2H3,(H,24,28)(H,25,27)(H,30,31). The van der Waals surface area contributed by atoms with Crippen molar-refractivity contribution >= 4 is 36.3 Å². The summed E-state index contributed by atoms with van der Waals surface area (Å²) >= 11 is 3.97. The van der Waals surface area contributed by atoms with E-state index in [1.807, 2.05) is 44.2 Å². The fraction of sp³-hybridized carbons (Fsp3) is 0.545. The number of benzene rings is 1. The first kappa shape index (κ1) is 25.7. The molecule has 4 unspecified atom stereocenters. The molecule has 1 aromatic rings. The van der Waals surface area contributed by atoms with Crippen molar-refractivity contribution in [2.75, 3.05) is 12.3 Å². The molecule has 1 heterocycles. The van der Waals surface area contributed by atoms with E-state index in [-0.39, 0.29) is 24.0 Å². The lowest BCUT2D eigenvalue weighted by molar-refractivity contribution is -0.142. The Hall–Kier alpha value is -2.59. The van der Waals surface area contributed by atoms with Gasteiger partial charge in [0.25, 0.3) is 0 Å². The predicted molar refractivity (Wildman–Crippen MR) is 123 cm³/mol. The fourth-order valence-corrected chi connectivity index (χ4v) is 3.81. The number of carboxylic acids is 1. The number of thiol groups is 1. The number of likely N-dealkylation sites (tertiary alicyclic amines) is 1. The van der Waals surface area contributed by atoms with Gasteiger partial charge in [-0.05, 0) is 24.3 Å². The smallest absolute Gasteiger partial charge is 0.327 e. The minimum atomic E-state index is -1.21. The van der Waals surface area contributed by atoms with Gasteiger partial charge in [-0.2, -0.15) is 12.6 Å². The van der Waals surface area contributed by atoms with Crippen LogP contribution in [-0.4, -0.2) is 70.2 Å². The zero-order valence-corrected chi connectivity index (χ0v) is 19.3. The normalized spacial score (nSPS) is 18.7. The molecular formula is C22H32N4O5S. The van der Waals surface area contributed by atoms with Crippen molar-refractivity contribution in [1.29, 1.82) is 0 Å². The summed E-state index contributed by atoms with van der Waals surface area (Å²) in [7, 11) is 0. The third-order valence-corrected chi connectivity index (χ3v) is 5.92. The van der Waals surface area contributed by atoms with Crippen LogP contribution in [0.5, 0.6) is 0 Å². The lowest BCUT2D eigenvalue weighted by atomic mass is 10.0. The number of carboxylic acid groups (broad SMARTS) is 1. The molecule has 5 N–H and O–H groups in total. The molecule has 0 bridgehead atoms. The molecule has 3 amide bonds. The Kier molecular flexibility index (Phi) is 9.52. The number of hydrogen-bond donors (Lipinski definition) is 5. The van der Waals surface area contributed by atoms with Crippen LogP contribution in [0, 0.1) is 5.92 Å². The summed E-state index contributed by atoms with van der Waals surface area (Å²) in [6.07, 6.45) is 1.30. The van der Waals surface area contributed by atoms with Crippen LogP contribution in [0.2, 0.25) is 0 Å². The van der Waals surface area contributed by atoms with Crippen molar-refractivity contribution in [3.63, 3.8) is 0 Å². The summed E-state index contributed by atoms with van der Waals surface area (Å²) in [6, 6.07) is 5.45. The van der Waals surface area contributed by atoms with E-state index in [9.17, 15) is 24.3 Å². The summed E-state index contributed by atoms with van der Waals surface area (Å²) in [5, 5.41) is 14.4. The average molecular weight is 465 g/mol. The Morgan fingerprint density at radius 2 is 1.81 bits per heavy atom. The number of amides is 3. The summed E-state index contributed by atoms with van der Waals surface area (Å²) in [6.45, 7) is 4.11. The van der Waals surface area contributed by atoms with Gasteiger partial charge >= 0.3 is 5.97 Å². The number of hydrogen-bond acceptors (Lipinski definition) is 6. The van der Waals surface area contributed by atoms with Crippen LogP contribution in [0.1, 0.15) is 32.3 Å². The van der Waals surface area contributed by atoms with Gasteiger partial charge in [0, 0.05) is 18.7 Å². The number of nitrogens with two attached hydrogens (primary N) is 1. The molecule has 0 saturated carbocycles. The minimum Gasteiger partial charge on any atom is -0.480 e. The molecular weight excluding hydrogens is 432 g/mol. The Morgan fingerprint density at radius 1 is 1.16 bits per heavy atom. The second-order valence-electron chi connectivity index (χ2n) is 8.29. The molecule has 176 valence electrons. The first-order valence-corrected chi connectivity index (χ1v) is 11.3. The van der Waals surface area contributed by atoms with Gasteiger partial charge in [0.2, 0.25) is 17.7 Å². The van der Waals surface area contributed by atoms with Gasteiger partial charge in [-0.3, -0.25) is 14.4 Å². The van der Waals surface area contributed by atoms with Crippen LogP contribution >= 0.6 is 12.6 Å². The molecule has 0 radical (unpaired) electrons. The summed E-state index contributed by atoms with van der Waals surface area (Å²) < 4.78 is 0. The van der Waals surface area contributed by atoms with E-state index in [1.54, 1.807) is 0 Å². The van der Waals surface area contributed by atoms with E-state index in [1.165, 1.54) is 4.90 Å². The molecule has 0 aliphatic carbocycles. The zero-order valence-electron chi connectivity index (χ0n) is 18.4. The van der Waals surface area contributed by atoms with Crippen LogP contribution in [0.15, 0.2) is 30.3 Å². The van der Waals surface area contributed by atoms with Crippen molar-refractivity contribution in [3.8, 4) is 0 Å². The molecule has 1 aromatic carbocycles. The van der Waals surface area contributed by atoms with Crippen molar-refractivity contribution in [2.24, 2.45) is 11.7 Å². The van der Waals surface area contributed by atoms with E-state index in [2.05, 4.69) is 23.3 Å². The molecule has 9 nitrogen and oxygen atoms in total. The number of nitrogens with one attached hydrogen (secondary N) is 2. The Bertz CT molecular complexity index is 820. The number of carbonyl (C=O) groups is 4. The van der Waals surface area contributed by atoms with E-state index in [0.717, 1.165) is 5.56 Å². The first-order valence-electron chi connectivity index (χ1n) is 10.7. The molecule has 0 aromatic heterocycles. The van der Waals surface area contributed by atoms with Gasteiger partial charge in [-0.25, -0.2) is 4.79 Å². The van der Waals surface area contributed by atoms with Crippen LogP contribution in [0.25, 0.3) is 0 Å². The maximum atomic E-state index is 13.1. The summed E-state index contributed by atoms with van der Waals surface area (Å²) in [5.41, 5.74) is 6.80. The second-order valence-corrected chi connectivity index (χ2v) is 8.66. The van der Waals surface area contributed by atoms with Gasteiger partial charge in [-0.1, -0.05) is 44.2 Å². The van der Waals surface area contributed by atoms with Crippen molar-refractivity contribution in [1.82, 2.24) is 15.5 Å². The van der Waals surface area contributed by atoms with Crippen molar-refractivity contribution < 1.29 is 24.3 Å². The van der Waals surface area contributed by atoms with Crippen molar-refractivity contribution in [3.05, 3.63) is 35.9 Å². The highest BCUT2D eigenvalue weighted by atomic mass is 32.1. The Morgan fingerprint density at radius 3 is 2.38 bits per heavy atom. The SMILES string of the molecule is CC(C)C(N)C(=O)N1CCCC1C(=O)NC(Cc1ccccc1)C(=O)NC(CS)C(=O)O. The maximum Gasteiger partial charge on any atom is 0.327 e. The van der Waals surface area contributed by atoms with Gasteiger partial charge in [0.15, 0.2) is 0 Å². The quantitative estimate of drug-likeness (QED) is 0.313. The largest absolute Gasteiger partial charge is 0.480 e. The average Bonchev–Trinajstić information content (AvgIpc) is 3.26. The monoisotopic (exact) mass is 464 g/mol. The number of rotatable bonds is 10. The fourth-order valence-electron chi connectivity index (χ4n) is 3.56. The Balaban J connectivity index is 2.18. The van der Waals surface area contributed by atoms with Crippen molar-refractivity contribution in [2.45, 2.75) is 57.3 Å². The number of carbonyl (C=O) groups excluding carboxylic acids is 3. The third-order valence-electron chi connectivity index (χ3n) is 5.55. The van der Waals surface area contributed by atoms with Gasteiger partial charge in [0.05, 0.1) is 6.04 Å². The number of aliphatic carboxylic acids is 1. The molecule has 1 saturated heterocycles.